The van der Waals surface area contributed by atoms with Gasteiger partial charge in [0, 0.05) is 26.0 Å². The lowest BCUT2D eigenvalue weighted by Gasteiger charge is -2.46. The summed E-state index contributed by atoms with van der Waals surface area (Å²) in [6.45, 7) is -0.853. The van der Waals surface area contributed by atoms with Gasteiger partial charge in [-0.1, -0.05) is 6.07 Å². The third kappa shape index (κ3) is 5.44. The highest BCUT2D eigenvalue weighted by Crippen LogP contribution is 2.30. The van der Waals surface area contributed by atoms with Crippen molar-refractivity contribution in [2.24, 2.45) is 0 Å². The lowest BCUT2D eigenvalue weighted by molar-refractivity contribution is -0.463. The number of hydrogen-bond acceptors (Lipinski definition) is 5. The van der Waals surface area contributed by atoms with Crippen LogP contribution in [0, 0.1) is 36.5 Å². The van der Waals surface area contributed by atoms with Gasteiger partial charge >= 0.3 is 0 Å². The van der Waals surface area contributed by atoms with Crippen molar-refractivity contribution in [2.75, 3.05) is 19.6 Å². The molecule has 11 heteroatoms. The quantitative estimate of drug-likeness (QED) is 0.223. The van der Waals surface area contributed by atoms with Gasteiger partial charge in [0.25, 0.3) is 5.91 Å². The molecule has 1 heterocycles. The molecule has 0 saturated carbocycles. The van der Waals surface area contributed by atoms with Crippen molar-refractivity contribution in [2.45, 2.75) is 24.9 Å². The van der Waals surface area contributed by atoms with Crippen LogP contribution in [-0.2, 0) is 6.42 Å². The van der Waals surface area contributed by atoms with Crippen LogP contribution < -0.4 is 0 Å². The Bertz CT molecular complexity index is 1090. The van der Waals surface area contributed by atoms with Crippen molar-refractivity contribution in [3.05, 3.63) is 78.2 Å². The van der Waals surface area contributed by atoms with Crippen molar-refractivity contribution in [3.8, 4) is 0 Å². The SMILES string of the molecule is N=C(CCC1(O)CN(C(=O)c2ccc(F)c(F)c2Cc2ccc(I)cc2F)C1)C[N+](=O)[O-]. The molecule has 0 radical (unpaired) electrons. The van der Waals surface area contributed by atoms with Crippen LogP contribution in [0.15, 0.2) is 30.3 Å². The number of β-amino-alcohol motifs (C(OH)–C–C–N with tert-alkyl or cyclic N) is 1. The molecule has 0 aliphatic carbocycles. The van der Waals surface area contributed by atoms with Gasteiger partial charge < -0.3 is 15.4 Å². The molecule has 32 heavy (non-hydrogen) atoms. The highest BCUT2D eigenvalue weighted by molar-refractivity contribution is 14.1. The minimum absolute atomic E-state index is 0.00200. The largest absolute Gasteiger partial charge is 0.386 e. The van der Waals surface area contributed by atoms with Gasteiger partial charge in [-0.25, -0.2) is 13.2 Å². The first-order chi connectivity index (χ1) is 15.0. The Morgan fingerprint density at radius 2 is 1.91 bits per heavy atom. The summed E-state index contributed by atoms with van der Waals surface area (Å²) in [4.78, 5) is 23.9. The molecule has 1 saturated heterocycles. The first-order valence-corrected chi connectivity index (χ1v) is 10.7. The summed E-state index contributed by atoms with van der Waals surface area (Å²) in [6.07, 6.45) is -0.270. The van der Waals surface area contributed by atoms with Crippen LogP contribution in [-0.4, -0.2) is 51.8 Å². The number of carbonyl (C=O) groups excluding carboxylic acids is 1. The second kappa shape index (κ2) is 9.53. The normalized spacial score (nSPS) is 14.7. The Morgan fingerprint density at radius 1 is 1.22 bits per heavy atom. The third-order valence-corrected chi connectivity index (χ3v) is 5.95. The fourth-order valence-electron chi connectivity index (χ4n) is 3.58. The number of amides is 1. The number of nitrogens with one attached hydrogen (secondary N) is 1. The van der Waals surface area contributed by atoms with Crippen LogP contribution in [0.1, 0.15) is 34.3 Å². The number of benzene rings is 2. The molecule has 0 bridgehead atoms. The Labute approximate surface area is 195 Å². The number of aliphatic hydroxyl groups is 1. The van der Waals surface area contributed by atoms with E-state index < -0.39 is 40.4 Å². The first-order valence-electron chi connectivity index (χ1n) is 9.59. The Kier molecular flexibility index (Phi) is 7.18. The van der Waals surface area contributed by atoms with Crippen LogP contribution in [0.2, 0.25) is 0 Å². The van der Waals surface area contributed by atoms with Gasteiger partial charge in [0.15, 0.2) is 11.6 Å². The summed E-state index contributed by atoms with van der Waals surface area (Å²) >= 11 is 1.92. The summed E-state index contributed by atoms with van der Waals surface area (Å²) < 4.78 is 43.3. The smallest absolute Gasteiger partial charge is 0.254 e. The summed E-state index contributed by atoms with van der Waals surface area (Å²) in [7, 11) is 0. The number of nitro groups is 1. The van der Waals surface area contributed by atoms with E-state index >= 15 is 0 Å². The number of halogens is 4. The zero-order valence-electron chi connectivity index (χ0n) is 16.7. The van der Waals surface area contributed by atoms with Crippen molar-refractivity contribution in [1.82, 2.24) is 4.90 Å². The van der Waals surface area contributed by atoms with Crippen molar-refractivity contribution >= 4 is 34.2 Å². The predicted molar refractivity (Wildman–Crippen MR) is 118 cm³/mol. The number of carbonyl (C=O) groups is 1. The molecule has 1 aliphatic rings. The summed E-state index contributed by atoms with van der Waals surface area (Å²) in [5, 5.41) is 28.5. The van der Waals surface area contributed by atoms with E-state index in [9.17, 15) is 33.2 Å². The molecule has 7 nitrogen and oxygen atoms in total. The Morgan fingerprint density at radius 3 is 2.53 bits per heavy atom. The van der Waals surface area contributed by atoms with E-state index in [4.69, 9.17) is 5.41 Å². The van der Waals surface area contributed by atoms with Crippen LogP contribution in [0.3, 0.4) is 0 Å². The third-order valence-electron chi connectivity index (χ3n) is 5.28. The molecule has 0 aromatic heterocycles. The second-order valence-corrected chi connectivity index (χ2v) is 9.03. The van der Waals surface area contributed by atoms with Crippen molar-refractivity contribution in [3.63, 3.8) is 0 Å². The van der Waals surface area contributed by atoms with E-state index in [2.05, 4.69) is 0 Å². The molecule has 2 N–H and O–H groups in total. The number of hydrogen-bond donors (Lipinski definition) is 2. The topological polar surface area (TPSA) is 108 Å². The number of likely N-dealkylation sites (tertiary alicyclic amines) is 1. The highest BCUT2D eigenvalue weighted by atomic mass is 127. The van der Waals surface area contributed by atoms with E-state index in [1.807, 2.05) is 22.6 Å². The minimum Gasteiger partial charge on any atom is -0.386 e. The van der Waals surface area contributed by atoms with Gasteiger partial charge in [-0.15, -0.1) is 0 Å². The Hall–Kier alpha value is -2.54. The van der Waals surface area contributed by atoms with Crippen LogP contribution in [0.25, 0.3) is 0 Å². The van der Waals surface area contributed by atoms with E-state index in [0.717, 1.165) is 12.1 Å². The summed E-state index contributed by atoms with van der Waals surface area (Å²) in [5.74, 6) is -3.64. The zero-order chi connectivity index (χ0) is 23.6. The van der Waals surface area contributed by atoms with Crippen LogP contribution >= 0.6 is 22.6 Å². The fraction of sp³-hybridized carbons (Fsp3) is 0.333. The second-order valence-electron chi connectivity index (χ2n) is 7.78. The van der Waals surface area contributed by atoms with Crippen LogP contribution in [0.4, 0.5) is 13.2 Å². The van der Waals surface area contributed by atoms with Crippen LogP contribution in [0.5, 0.6) is 0 Å². The molecule has 1 amide bonds. The van der Waals surface area contributed by atoms with Gasteiger partial charge in [-0.2, -0.15) is 0 Å². The number of rotatable bonds is 8. The van der Waals surface area contributed by atoms with Crippen molar-refractivity contribution < 1.29 is 28.0 Å². The Balaban J connectivity index is 1.74. The van der Waals surface area contributed by atoms with E-state index in [-0.39, 0.29) is 54.8 Å². The predicted octanol–water partition coefficient (Wildman–Crippen LogP) is 3.56. The molecule has 1 fully saturated rings. The lowest BCUT2D eigenvalue weighted by Crippen LogP contribution is -2.63. The maximum Gasteiger partial charge on any atom is 0.254 e. The summed E-state index contributed by atoms with van der Waals surface area (Å²) in [5.41, 5.74) is -1.77. The summed E-state index contributed by atoms with van der Waals surface area (Å²) in [6, 6.07) is 6.26. The first kappa shape index (κ1) is 24.1. The standard InChI is InChI=1S/C21H19F3IN3O4/c22-17-4-3-15(16(19(17)24)7-12-1-2-13(25)8-18(12)23)20(29)27-10-21(30,11-27)6-5-14(26)9-28(31)32/h1-4,8,26,30H,5-7,9-11H2. The van der Waals surface area contributed by atoms with Gasteiger partial charge in [0.05, 0.1) is 18.8 Å². The molecule has 3 rings (SSSR count). The molecule has 2 aromatic carbocycles. The number of nitrogens with zero attached hydrogens (tertiary/aromatic N) is 2. The van der Waals surface area contributed by atoms with Gasteiger partial charge in [0.1, 0.15) is 11.4 Å². The average molecular weight is 561 g/mol. The van der Waals surface area contributed by atoms with Gasteiger partial charge in [-0.3, -0.25) is 14.9 Å². The molecular weight excluding hydrogens is 542 g/mol. The van der Waals surface area contributed by atoms with E-state index in [1.165, 1.54) is 17.0 Å². The average Bonchev–Trinajstić information content (AvgIpc) is 2.68. The van der Waals surface area contributed by atoms with E-state index in [0.29, 0.717) is 3.57 Å². The molecule has 0 atom stereocenters. The van der Waals surface area contributed by atoms with Gasteiger partial charge in [0.2, 0.25) is 6.54 Å². The van der Waals surface area contributed by atoms with E-state index in [1.54, 1.807) is 6.07 Å². The lowest BCUT2D eigenvalue weighted by atomic mass is 9.87. The molecule has 1 aliphatic heterocycles. The fourth-order valence-corrected chi connectivity index (χ4v) is 4.03. The van der Waals surface area contributed by atoms with Crippen molar-refractivity contribution in [1.29, 1.82) is 5.41 Å². The maximum atomic E-state index is 14.6. The molecule has 0 unspecified atom stereocenters. The van der Waals surface area contributed by atoms with Gasteiger partial charge in [-0.05, 0) is 65.3 Å². The minimum atomic E-state index is -1.32. The monoisotopic (exact) mass is 561 g/mol. The molecule has 170 valence electrons. The molecule has 2 aromatic rings. The molecule has 0 spiro atoms. The maximum absolute atomic E-state index is 14.6. The zero-order valence-corrected chi connectivity index (χ0v) is 18.9. The highest BCUT2D eigenvalue weighted by Gasteiger charge is 2.44. The molecular formula is C21H19F3IN3O4.